The SMILES string of the molecule is O=C(CC(c1ccccc1)c1ccccc1)N1CCN([C@@H](c2ccccc2)c2ccc(Cl)cc2)CC1. The molecular weight excluding hydrogens is 464 g/mol. The number of hydrogen-bond acceptors (Lipinski definition) is 2. The van der Waals surface area contributed by atoms with Crippen molar-refractivity contribution >= 4 is 17.5 Å². The van der Waals surface area contributed by atoms with Crippen LogP contribution in [0.25, 0.3) is 0 Å². The average Bonchev–Trinajstić information content (AvgIpc) is 2.95. The lowest BCUT2D eigenvalue weighted by atomic mass is 9.88. The van der Waals surface area contributed by atoms with Gasteiger partial charge in [-0.25, -0.2) is 0 Å². The van der Waals surface area contributed by atoms with Crippen molar-refractivity contribution in [2.75, 3.05) is 26.2 Å². The number of carbonyl (C=O) groups excluding carboxylic acids is 1. The standard InChI is InChI=1S/C32H31ClN2O/c33-29-18-16-28(17-19-29)32(27-14-8-3-9-15-27)35-22-20-34(21-23-35)31(36)24-30(25-10-4-1-5-11-25)26-12-6-2-7-13-26/h1-19,30,32H,20-24H2/t32-/m0/s1. The van der Waals surface area contributed by atoms with Gasteiger partial charge in [0, 0.05) is 43.5 Å². The van der Waals surface area contributed by atoms with Crippen molar-refractivity contribution in [2.45, 2.75) is 18.4 Å². The Labute approximate surface area is 219 Å². The Balaban J connectivity index is 1.30. The van der Waals surface area contributed by atoms with E-state index in [2.05, 4.69) is 95.9 Å². The minimum atomic E-state index is 0.0593. The number of nitrogens with zero attached hydrogens (tertiary/aromatic N) is 2. The smallest absolute Gasteiger partial charge is 0.223 e. The van der Waals surface area contributed by atoms with Gasteiger partial charge in [0.25, 0.3) is 0 Å². The average molecular weight is 495 g/mol. The minimum Gasteiger partial charge on any atom is -0.340 e. The Morgan fingerprint density at radius 3 is 1.56 bits per heavy atom. The van der Waals surface area contributed by atoms with E-state index in [9.17, 15) is 4.79 Å². The zero-order chi connectivity index (χ0) is 24.7. The predicted molar refractivity (Wildman–Crippen MR) is 147 cm³/mol. The molecule has 1 amide bonds. The first-order valence-electron chi connectivity index (χ1n) is 12.6. The number of piperazine rings is 1. The topological polar surface area (TPSA) is 23.6 Å². The molecule has 4 aromatic carbocycles. The zero-order valence-electron chi connectivity index (χ0n) is 20.3. The van der Waals surface area contributed by atoms with Crippen molar-refractivity contribution < 1.29 is 4.79 Å². The van der Waals surface area contributed by atoms with Crippen LogP contribution in [0.3, 0.4) is 0 Å². The van der Waals surface area contributed by atoms with Crippen LogP contribution in [-0.4, -0.2) is 41.9 Å². The summed E-state index contributed by atoms with van der Waals surface area (Å²) in [6.07, 6.45) is 0.479. The normalized spacial score (nSPS) is 15.1. The Morgan fingerprint density at radius 1 is 0.611 bits per heavy atom. The van der Waals surface area contributed by atoms with Gasteiger partial charge in [0.05, 0.1) is 6.04 Å². The van der Waals surface area contributed by atoms with E-state index in [1.54, 1.807) is 0 Å². The predicted octanol–water partition coefficient (Wildman–Crippen LogP) is 6.80. The van der Waals surface area contributed by atoms with Crippen LogP contribution >= 0.6 is 11.6 Å². The Hall–Kier alpha value is -3.40. The van der Waals surface area contributed by atoms with E-state index >= 15 is 0 Å². The van der Waals surface area contributed by atoms with Crippen molar-refractivity contribution in [1.29, 1.82) is 0 Å². The summed E-state index contributed by atoms with van der Waals surface area (Å²) < 4.78 is 0. The minimum absolute atomic E-state index is 0.0593. The molecule has 1 aliphatic heterocycles. The maximum atomic E-state index is 13.5. The molecule has 0 unspecified atom stereocenters. The van der Waals surface area contributed by atoms with E-state index in [0.29, 0.717) is 6.42 Å². The van der Waals surface area contributed by atoms with Gasteiger partial charge < -0.3 is 4.90 Å². The third kappa shape index (κ3) is 5.70. The molecular formula is C32H31ClN2O. The number of hydrogen-bond donors (Lipinski definition) is 0. The first-order chi connectivity index (χ1) is 17.7. The second-order valence-electron chi connectivity index (χ2n) is 9.36. The highest BCUT2D eigenvalue weighted by Crippen LogP contribution is 2.32. The van der Waals surface area contributed by atoms with E-state index in [0.717, 1.165) is 31.2 Å². The van der Waals surface area contributed by atoms with Crippen LogP contribution in [0.15, 0.2) is 115 Å². The molecule has 1 atom stereocenters. The van der Waals surface area contributed by atoms with E-state index in [1.807, 2.05) is 29.2 Å². The molecule has 0 aromatic heterocycles. The molecule has 4 aromatic rings. The first-order valence-corrected chi connectivity index (χ1v) is 13.0. The van der Waals surface area contributed by atoms with Gasteiger partial charge in [-0.15, -0.1) is 0 Å². The van der Waals surface area contributed by atoms with Crippen LogP contribution in [0, 0.1) is 0 Å². The van der Waals surface area contributed by atoms with Crippen LogP contribution in [-0.2, 0) is 4.79 Å². The Kier molecular flexibility index (Phi) is 7.80. The molecule has 36 heavy (non-hydrogen) atoms. The molecule has 1 aliphatic rings. The summed E-state index contributed by atoms with van der Waals surface area (Å²) >= 11 is 6.17. The second kappa shape index (κ2) is 11.6. The summed E-state index contributed by atoms with van der Waals surface area (Å²) in [6, 6.07) is 39.6. The summed E-state index contributed by atoms with van der Waals surface area (Å²) in [5, 5.41) is 0.743. The number of halogens is 1. The number of amides is 1. The third-order valence-electron chi connectivity index (χ3n) is 7.12. The van der Waals surface area contributed by atoms with Crippen LogP contribution in [0.2, 0.25) is 5.02 Å². The van der Waals surface area contributed by atoms with Crippen molar-refractivity contribution in [3.63, 3.8) is 0 Å². The lowest BCUT2D eigenvalue weighted by molar-refractivity contribution is -0.133. The number of rotatable bonds is 7. The second-order valence-corrected chi connectivity index (χ2v) is 9.80. The van der Waals surface area contributed by atoms with Gasteiger partial charge in [0.15, 0.2) is 0 Å². The number of carbonyl (C=O) groups is 1. The highest BCUT2D eigenvalue weighted by molar-refractivity contribution is 6.30. The lowest BCUT2D eigenvalue weighted by Crippen LogP contribution is -2.50. The largest absolute Gasteiger partial charge is 0.340 e. The molecule has 1 heterocycles. The molecule has 1 saturated heterocycles. The molecule has 0 spiro atoms. The zero-order valence-corrected chi connectivity index (χ0v) is 21.1. The Bertz CT molecular complexity index is 1200. The summed E-state index contributed by atoms with van der Waals surface area (Å²) in [4.78, 5) is 18.0. The van der Waals surface area contributed by atoms with Crippen LogP contribution in [0.5, 0.6) is 0 Å². The highest BCUT2D eigenvalue weighted by atomic mass is 35.5. The van der Waals surface area contributed by atoms with Crippen molar-refractivity contribution in [3.8, 4) is 0 Å². The van der Waals surface area contributed by atoms with Crippen molar-refractivity contribution in [2.24, 2.45) is 0 Å². The van der Waals surface area contributed by atoms with Gasteiger partial charge in [-0.3, -0.25) is 9.69 Å². The molecule has 0 N–H and O–H groups in total. The van der Waals surface area contributed by atoms with Crippen molar-refractivity contribution in [3.05, 3.63) is 143 Å². The molecule has 0 bridgehead atoms. The highest BCUT2D eigenvalue weighted by Gasteiger charge is 2.29. The number of benzene rings is 4. The maximum Gasteiger partial charge on any atom is 0.223 e. The molecule has 0 aliphatic carbocycles. The van der Waals surface area contributed by atoms with E-state index < -0.39 is 0 Å². The van der Waals surface area contributed by atoms with Gasteiger partial charge >= 0.3 is 0 Å². The van der Waals surface area contributed by atoms with Gasteiger partial charge in [0.2, 0.25) is 5.91 Å². The first kappa shape index (κ1) is 24.3. The quantitative estimate of drug-likeness (QED) is 0.282. The summed E-state index contributed by atoms with van der Waals surface area (Å²) in [5.41, 5.74) is 4.84. The molecule has 0 radical (unpaired) electrons. The third-order valence-corrected chi connectivity index (χ3v) is 7.37. The molecule has 182 valence electrons. The summed E-state index contributed by atoms with van der Waals surface area (Å²) in [5.74, 6) is 0.277. The van der Waals surface area contributed by atoms with Gasteiger partial charge in [-0.2, -0.15) is 0 Å². The molecule has 3 nitrogen and oxygen atoms in total. The fourth-order valence-electron chi connectivity index (χ4n) is 5.23. The van der Waals surface area contributed by atoms with Crippen LogP contribution < -0.4 is 0 Å². The van der Waals surface area contributed by atoms with Crippen molar-refractivity contribution in [1.82, 2.24) is 9.80 Å². The molecule has 1 fully saturated rings. The van der Waals surface area contributed by atoms with E-state index in [4.69, 9.17) is 11.6 Å². The lowest BCUT2D eigenvalue weighted by Gasteiger charge is -2.40. The van der Waals surface area contributed by atoms with E-state index in [-0.39, 0.29) is 17.9 Å². The summed E-state index contributed by atoms with van der Waals surface area (Å²) in [7, 11) is 0. The molecule has 0 saturated carbocycles. The fourth-order valence-corrected chi connectivity index (χ4v) is 5.35. The van der Waals surface area contributed by atoms with E-state index in [1.165, 1.54) is 22.3 Å². The van der Waals surface area contributed by atoms with Gasteiger partial charge in [-0.05, 0) is 34.4 Å². The Morgan fingerprint density at radius 2 is 1.06 bits per heavy atom. The van der Waals surface area contributed by atoms with Crippen LogP contribution in [0.4, 0.5) is 0 Å². The maximum absolute atomic E-state index is 13.5. The monoisotopic (exact) mass is 494 g/mol. The molecule has 4 heteroatoms. The van der Waals surface area contributed by atoms with Crippen LogP contribution in [0.1, 0.15) is 40.6 Å². The molecule has 5 rings (SSSR count). The van der Waals surface area contributed by atoms with Gasteiger partial charge in [0.1, 0.15) is 0 Å². The summed E-state index contributed by atoms with van der Waals surface area (Å²) in [6.45, 7) is 3.11. The van der Waals surface area contributed by atoms with Gasteiger partial charge in [-0.1, -0.05) is 115 Å². The fraction of sp³-hybridized carbons (Fsp3) is 0.219.